The molecule has 0 bridgehead atoms. The Balaban J connectivity index is 1.77. The van der Waals surface area contributed by atoms with Gasteiger partial charge in [0.05, 0.1) is 39.5 Å². The summed E-state index contributed by atoms with van der Waals surface area (Å²) >= 11 is 0. The number of hydrogen-bond donors (Lipinski definition) is 0. The molecular formula is C19H22N4O3. The molecule has 1 fully saturated rings. The summed E-state index contributed by atoms with van der Waals surface area (Å²) in [6, 6.07) is 9.87. The number of rotatable bonds is 5. The monoisotopic (exact) mass is 354 g/mol. The summed E-state index contributed by atoms with van der Waals surface area (Å²) in [6.07, 6.45) is 1.77. The van der Waals surface area contributed by atoms with Crippen molar-refractivity contribution in [2.24, 2.45) is 0 Å². The summed E-state index contributed by atoms with van der Waals surface area (Å²) in [4.78, 5) is 11.5. The van der Waals surface area contributed by atoms with E-state index >= 15 is 0 Å². The number of hydrogen-bond acceptors (Lipinski definition) is 6. The lowest BCUT2D eigenvalue weighted by Crippen LogP contribution is -2.38. The maximum Gasteiger partial charge on any atom is 0.208 e. The number of morpholine rings is 1. The molecule has 136 valence electrons. The molecule has 0 atom stereocenters. The lowest BCUT2D eigenvalue weighted by Gasteiger charge is -2.28. The maximum atomic E-state index is 5.57. The molecule has 26 heavy (non-hydrogen) atoms. The summed E-state index contributed by atoms with van der Waals surface area (Å²) in [7, 11) is 3.33. The zero-order valence-corrected chi connectivity index (χ0v) is 15.0. The van der Waals surface area contributed by atoms with Crippen molar-refractivity contribution in [3.8, 4) is 11.5 Å². The van der Waals surface area contributed by atoms with Crippen LogP contribution in [-0.4, -0.2) is 55.1 Å². The fourth-order valence-electron chi connectivity index (χ4n) is 3.26. The SMILES string of the molecule is COc1ccc(Cn2c(N3CCOCC3)nc3ncccc32)c(OC)c1. The topological polar surface area (TPSA) is 61.6 Å². The van der Waals surface area contributed by atoms with E-state index in [1.165, 1.54) is 0 Å². The van der Waals surface area contributed by atoms with Gasteiger partial charge in [-0.05, 0) is 24.3 Å². The van der Waals surface area contributed by atoms with Crippen LogP contribution in [0.25, 0.3) is 11.2 Å². The minimum atomic E-state index is 0.641. The van der Waals surface area contributed by atoms with E-state index in [1.54, 1.807) is 20.4 Å². The molecule has 0 spiro atoms. The van der Waals surface area contributed by atoms with Crippen molar-refractivity contribution in [2.75, 3.05) is 45.4 Å². The van der Waals surface area contributed by atoms with Crippen molar-refractivity contribution < 1.29 is 14.2 Å². The first-order valence-corrected chi connectivity index (χ1v) is 8.65. The largest absolute Gasteiger partial charge is 0.497 e. The predicted molar refractivity (Wildman–Crippen MR) is 99.2 cm³/mol. The number of imidazole rings is 1. The van der Waals surface area contributed by atoms with E-state index in [-0.39, 0.29) is 0 Å². The third kappa shape index (κ3) is 3.06. The molecule has 7 heteroatoms. The second-order valence-corrected chi connectivity index (χ2v) is 6.12. The summed E-state index contributed by atoms with van der Waals surface area (Å²) in [5.74, 6) is 2.49. The Morgan fingerprint density at radius 1 is 1.12 bits per heavy atom. The average molecular weight is 354 g/mol. The quantitative estimate of drug-likeness (QED) is 0.701. The lowest BCUT2D eigenvalue weighted by molar-refractivity contribution is 0.121. The third-order valence-corrected chi connectivity index (χ3v) is 4.62. The Morgan fingerprint density at radius 3 is 2.73 bits per heavy atom. The molecule has 1 saturated heterocycles. The van der Waals surface area contributed by atoms with Crippen LogP contribution in [0.3, 0.4) is 0 Å². The van der Waals surface area contributed by atoms with Gasteiger partial charge in [0.15, 0.2) is 5.65 Å². The van der Waals surface area contributed by atoms with E-state index in [1.807, 2.05) is 24.3 Å². The van der Waals surface area contributed by atoms with Crippen LogP contribution in [-0.2, 0) is 11.3 Å². The van der Waals surface area contributed by atoms with Crippen molar-refractivity contribution in [3.63, 3.8) is 0 Å². The molecule has 2 aromatic heterocycles. The Kier molecular flexibility index (Phi) is 4.62. The van der Waals surface area contributed by atoms with E-state index in [2.05, 4.69) is 20.5 Å². The van der Waals surface area contributed by atoms with Gasteiger partial charge < -0.3 is 23.7 Å². The van der Waals surface area contributed by atoms with Crippen molar-refractivity contribution in [3.05, 3.63) is 42.1 Å². The number of benzene rings is 1. The Labute approximate surface area is 152 Å². The summed E-state index contributed by atoms with van der Waals surface area (Å²) in [5.41, 5.74) is 2.82. The van der Waals surface area contributed by atoms with Gasteiger partial charge in [-0.2, -0.15) is 4.98 Å². The standard InChI is InChI=1S/C19H22N4O3/c1-24-15-6-5-14(17(12-15)25-2)13-23-16-4-3-7-20-18(16)21-19(23)22-8-10-26-11-9-22/h3-7,12H,8-11,13H2,1-2H3. The van der Waals surface area contributed by atoms with Gasteiger partial charge in [0, 0.05) is 30.9 Å². The summed E-state index contributed by atoms with van der Waals surface area (Å²) in [6.45, 7) is 3.71. The zero-order chi connectivity index (χ0) is 17.9. The molecule has 0 unspecified atom stereocenters. The van der Waals surface area contributed by atoms with Crippen molar-refractivity contribution in [2.45, 2.75) is 6.54 Å². The van der Waals surface area contributed by atoms with Gasteiger partial charge in [-0.1, -0.05) is 0 Å². The molecule has 0 saturated carbocycles. The van der Waals surface area contributed by atoms with Crippen LogP contribution in [0.15, 0.2) is 36.5 Å². The van der Waals surface area contributed by atoms with Gasteiger partial charge in [0.2, 0.25) is 5.95 Å². The molecule has 1 aromatic carbocycles. The number of ether oxygens (including phenoxy) is 3. The number of nitrogens with zero attached hydrogens (tertiary/aromatic N) is 4. The molecule has 4 rings (SSSR count). The summed E-state index contributed by atoms with van der Waals surface area (Å²) in [5, 5.41) is 0. The molecule has 7 nitrogen and oxygen atoms in total. The molecule has 1 aliphatic rings. The van der Waals surface area contributed by atoms with E-state index in [0.29, 0.717) is 19.8 Å². The second-order valence-electron chi connectivity index (χ2n) is 6.12. The van der Waals surface area contributed by atoms with Gasteiger partial charge in [-0.15, -0.1) is 0 Å². The van der Waals surface area contributed by atoms with E-state index in [9.17, 15) is 0 Å². The highest BCUT2D eigenvalue weighted by molar-refractivity contribution is 5.75. The van der Waals surface area contributed by atoms with E-state index in [0.717, 1.165) is 47.3 Å². The van der Waals surface area contributed by atoms with Crippen molar-refractivity contribution >= 4 is 17.1 Å². The summed E-state index contributed by atoms with van der Waals surface area (Å²) < 4.78 is 18.6. The zero-order valence-electron chi connectivity index (χ0n) is 15.0. The molecule has 3 heterocycles. The highest BCUT2D eigenvalue weighted by Crippen LogP contribution is 2.29. The predicted octanol–water partition coefficient (Wildman–Crippen LogP) is 2.33. The van der Waals surface area contributed by atoms with Gasteiger partial charge in [-0.3, -0.25) is 0 Å². The van der Waals surface area contributed by atoms with Crippen LogP contribution in [0.2, 0.25) is 0 Å². The fourth-order valence-corrected chi connectivity index (χ4v) is 3.26. The normalized spacial score (nSPS) is 14.6. The second kappa shape index (κ2) is 7.21. The Morgan fingerprint density at radius 2 is 1.96 bits per heavy atom. The molecular weight excluding hydrogens is 332 g/mol. The molecule has 3 aromatic rings. The van der Waals surface area contributed by atoms with E-state index < -0.39 is 0 Å². The molecule has 0 amide bonds. The van der Waals surface area contributed by atoms with Crippen LogP contribution in [0.5, 0.6) is 11.5 Å². The van der Waals surface area contributed by atoms with Crippen LogP contribution in [0, 0.1) is 0 Å². The molecule has 1 aliphatic heterocycles. The fraction of sp³-hybridized carbons (Fsp3) is 0.368. The number of aromatic nitrogens is 3. The maximum absolute atomic E-state index is 5.57. The number of pyridine rings is 1. The van der Waals surface area contributed by atoms with Gasteiger partial charge in [0.25, 0.3) is 0 Å². The van der Waals surface area contributed by atoms with Crippen LogP contribution in [0.4, 0.5) is 5.95 Å². The number of fused-ring (bicyclic) bond motifs is 1. The first-order valence-electron chi connectivity index (χ1n) is 8.65. The van der Waals surface area contributed by atoms with Gasteiger partial charge >= 0.3 is 0 Å². The van der Waals surface area contributed by atoms with E-state index in [4.69, 9.17) is 19.2 Å². The van der Waals surface area contributed by atoms with Crippen molar-refractivity contribution in [1.29, 1.82) is 0 Å². The van der Waals surface area contributed by atoms with Crippen LogP contribution >= 0.6 is 0 Å². The smallest absolute Gasteiger partial charge is 0.208 e. The van der Waals surface area contributed by atoms with Crippen LogP contribution < -0.4 is 14.4 Å². The third-order valence-electron chi connectivity index (χ3n) is 4.62. The molecule has 0 N–H and O–H groups in total. The minimum Gasteiger partial charge on any atom is -0.497 e. The van der Waals surface area contributed by atoms with Gasteiger partial charge in [0.1, 0.15) is 11.5 Å². The first-order chi connectivity index (χ1) is 12.8. The van der Waals surface area contributed by atoms with Crippen LogP contribution in [0.1, 0.15) is 5.56 Å². The highest BCUT2D eigenvalue weighted by atomic mass is 16.5. The lowest BCUT2D eigenvalue weighted by atomic mass is 10.2. The molecule has 0 radical (unpaired) electrons. The first kappa shape index (κ1) is 16.7. The average Bonchev–Trinajstić information content (AvgIpc) is 3.07. The molecule has 0 aliphatic carbocycles. The Bertz CT molecular complexity index is 903. The van der Waals surface area contributed by atoms with Gasteiger partial charge in [-0.25, -0.2) is 4.98 Å². The number of methoxy groups -OCH3 is 2. The highest BCUT2D eigenvalue weighted by Gasteiger charge is 2.21. The Hall–Kier alpha value is -2.80. The number of anilines is 1. The minimum absolute atomic E-state index is 0.641. The van der Waals surface area contributed by atoms with Crippen molar-refractivity contribution in [1.82, 2.24) is 14.5 Å².